The number of piperazine rings is 1. The number of nitrogens with one attached hydrogen (secondary N) is 2. The van der Waals surface area contributed by atoms with E-state index in [9.17, 15) is 9.59 Å². The predicted octanol–water partition coefficient (Wildman–Crippen LogP) is 3.61. The highest BCUT2D eigenvalue weighted by Gasteiger charge is 2.27. The van der Waals surface area contributed by atoms with Gasteiger partial charge in [-0.25, -0.2) is 4.79 Å². The molecule has 2 aliphatic heterocycles. The first-order chi connectivity index (χ1) is 16.6. The van der Waals surface area contributed by atoms with E-state index in [-0.39, 0.29) is 43.4 Å². The molecular weight excluding hydrogens is 501 g/mol. The molecule has 2 heterocycles. The lowest BCUT2D eigenvalue weighted by Gasteiger charge is -2.40. The van der Waals surface area contributed by atoms with E-state index in [1.807, 2.05) is 64.4 Å². The number of methoxy groups -OCH3 is 1. The molecule has 2 aromatic carbocycles. The number of hydrogen-bond donors (Lipinski definition) is 2. The first kappa shape index (κ1) is 29.7. The van der Waals surface area contributed by atoms with E-state index < -0.39 is 0 Å². The third-order valence-electron chi connectivity index (χ3n) is 6.67. The zero-order chi connectivity index (χ0) is 23.8. The molecule has 2 aliphatic rings. The van der Waals surface area contributed by atoms with Gasteiger partial charge in [0, 0.05) is 50.1 Å². The Labute approximate surface area is 226 Å². The lowest BCUT2D eigenvalue weighted by Crippen LogP contribution is -2.54. The molecular formula is C26H37Cl2N5O3. The minimum Gasteiger partial charge on any atom is -0.468 e. The summed E-state index contributed by atoms with van der Waals surface area (Å²) in [4.78, 5) is 31.2. The van der Waals surface area contributed by atoms with Crippen molar-refractivity contribution in [3.05, 3.63) is 60.2 Å². The highest BCUT2D eigenvalue weighted by Crippen LogP contribution is 2.21. The van der Waals surface area contributed by atoms with Crippen LogP contribution in [0.4, 0.5) is 16.2 Å². The fourth-order valence-corrected chi connectivity index (χ4v) is 4.68. The van der Waals surface area contributed by atoms with Crippen molar-refractivity contribution in [3.63, 3.8) is 0 Å². The Bertz CT molecular complexity index is 934. The topological polar surface area (TPSA) is 77.2 Å². The van der Waals surface area contributed by atoms with Crippen LogP contribution >= 0.6 is 24.8 Å². The zero-order valence-electron chi connectivity index (χ0n) is 20.7. The average molecular weight is 539 g/mol. The van der Waals surface area contributed by atoms with E-state index >= 15 is 0 Å². The second kappa shape index (κ2) is 14.9. The van der Waals surface area contributed by atoms with Crippen LogP contribution in [0.3, 0.4) is 0 Å². The molecule has 0 spiro atoms. The normalized spacial score (nSPS) is 16.3. The summed E-state index contributed by atoms with van der Waals surface area (Å²) in [5, 5.41) is 6.44. The van der Waals surface area contributed by atoms with Crippen molar-refractivity contribution in [2.45, 2.75) is 25.4 Å². The molecule has 0 aromatic heterocycles. The van der Waals surface area contributed by atoms with Crippen molar-refractivity contribution in [2.24, 2.45) is 0 Å². The van der Waals surface area contributed by atoms with Gasteiger partial charge in [0.25, 0.3) is 0 Å². The Kier molecular flexibility index (Phi) is 12.3. The standard InChI is InChI=1S/C26H35N5O3.2ClH/c1-34-25(32)20-31(19-21-5-3-2-4-6-21)23-9-7-22(8-10-23)28-26(33)30-17-15-29(16-18-30)24-11-13-27-14-12-24;;/h2-10,24,27H,11-20H2,1H3,(H,28,33);2*1H. The maximum atomic E-state index is 12.8. The number of ether oxygens (including phenoxy) is 1. The van der Waals surface area contributed by atoms with Gasteiger partial charge < -0.3 is 25.2 Å². The number of piperidine rings is 1. The van der Waals surface area contributed by atoms with Gasteiger partial charge in [0.1, 0.15) is 6.54 Å². The van der Waals surface area contributed by atoms with Crippen LogP contribution in [0.1, 0.15) is 18.4 Å². The van der Waals surface area contributed by atoms with E-state index in [0.717, 1.165) is 56.2 Å². The van der Waals surface area contributed by atoms with Crippen LogP contribution in [-0.2, 0) is 16.1 Å². The highest BCUT2D eigenvalue weighted by atomic mass is 35.5. The van der Waals surface area contributed by atoms with Crippen molar-refractivity contribution in [1.29, 1.82) is 0 Å². The fraction of sp³-hybridized carbons (Fsp3) is 0.462. The lowest BCUT2D eigenvalue weighted by atomic mass is 10.0. The summed E-state index contributed by atoms with van der Waals surface area (Å²) in [6.45, 7) is 6.27. The van der Waals surface area contributed by atoms with E-state index in [1.165, 1.54) is 20.0 Å². The number of rotatable bonds is 7. The van der Waals surface area contributed by atoms with Crippen LogP contribution in [0.25, 0.3) is 0 Å². The largest absolute Gasteiger partial charge is 0.468 e. The number of anilines is 2. The van der Waals surface area contributed by atoms with E-state index in [4.69, 9.17) is 4.74 Å². The molecule has 4 rings (SSSR count). The number of benzene rings is 2. The highest BCUT2D eigenvalue weighted by molar-refractivity contribution is 5.89. The molecule has 2 aromatic rings. The summed E-state index contributed by atoms with van der Waals surface area (Å²) in [7, 11) is 1.40. The van der Waals surface area contributed by atoms with Crippen molar-refractivity contribution < 1.29 is 14.3 Å². The number of nitrogens with zero attached hydrogens (tertiary/aromatic N) is 3. The molecule has 0 saturated carbocycles. The van der Waals surface area contributed by atoms with Gasteiger partial charge in [-0.2, -0.15) is 0 Å². The Morgan fingerprint density at radius 1 is 0.972 bits per heavy atom. The number of amides is 2. The van der Waals surface area contributed by atoms with Crippen LogP contribution in [0, 0.1) is 0 Å². The molecule has 36 heavy (non-hydrogen) atoms. The number of esters is 1. The third kappa shape index (κ3) is 8.27. The quantitative estimate of drug-likeness (QED) is 0.525. The van der Waals surface area contributed by atoms with E-state index in [1.54, 1.807) is 0 Å². The number of halogens is 2. The van der Waals surface area contributed by atoms with Crippen LogP contribution in [0.15, 0.2) is 54.6 Å². The molecule has 0 aliphatic carbocycles. The number of hydrogen-bond acceptors (Lipinski definition) is 6. The van der Waals surface area contributed by atoms with Crippen LogP contribution in [0.5, 0.6) is 0 Å². The van der Waals surface area contributed by atoms with Crippen LogP contribution < -0.4 is 15.5 Å². The molecule has 8 nitrogen and oxygen atoms in total. The van der Waals surface area contributed by atoms with Gasteiger partial charge in [-0.05, 0) is 55.8 Å². The number of carbonyl (C=O) groups excluding carboxylic acids is 2. The van der Waals surface area contributed by atoms with Crippen molar-refractivity contribution in [2.75, 3.05) is 63.1 Å². The monoisotopic (exact) mass is 537 g/mol. The molecule has 0 atom stereocenters. The van der Waals surface area contributed by atoms with Gasteiger partial charge in [0.15, 0.2) is 0 Å². The fourth-order valence-electron chi connectivity index (χ4n) is 4.68. The molecule has 198 valence electrons. The minimum absolute atomic E-state index is 0. The SMILES string of the molecule is COC(=O)CN(Cc1ccccc1)c1ccc(NC(=O)N2CCN(C3CCNCC3)CC2)cc1.Cl.Cl. The van der Waals surface area contributed by atoms with E-state index in [2.05, 4.69) is 15.5 Å². The second-order valence-corrected chi connectivity index (χ2v) is 8.90. The summed E-state index contributed by atoms with van der Waals surface area (Å²) < 4.78 is 4.88. The molecule has 2 saturated heterocycles. The van der Waals surface area contributed by atoms with Gasteiger partial charge >= 0.3 is 12.0 Å². The molecule has 2 amide bonds. The molecule has 2 fully saturated rings. The third-order valence-corrected chi connectivity index (χ3v) is 6.67. The molecule has 0 unspecified atom stereocenters. The first-order valence-corrected chi connectivity index (χ1v) is 12.1. The number of carbonyl (C=O) groups is 2. The molecule has 10 heteroatoms. The second-order valence-electron chi connectivity index (χ2n) is 8.90. The Morgan fingerprint density at radius 2 is 1.61 bits per heavy atom. The van der Waals surface area contributed by atoms with Gasteiger partial charge in [0.2, 0.25) is 0 Å². The summed E-state index contributed by atoms with van der Waals surface area (Å²) >= 11 is 0. The summed E-state index contributed by atoms with van der Waals surface area (Å²) in [6.07, 6.45) is 2.38. The van der Waals surface area contributed by atoms with E-state index in [0.29, 0.717) is 12.6 Å². The maximum Gasteiger partial charge on any atom is 0.325 e. The maximum absolute atomic E-state index is 12.8. The van der Waals surface area contributed by atoms with Crippen molar-refractivity contribution in [3.8, 4) is 0 Å². The molecule has 2 N–H and O–H groups in total. The van der Waals surface area contributed by atoms with Crippen LogP contribution in [0.2, 0.25) is 0 Å². The van der Waals surface area contributed by atoms with Crippen molar-refractivity contribution in [1.82, 2.24) is 15.1 Å². The average Bonchev–Trinajstić information content (AvgIpc) is 2.90. The summed E-state index contributed by atoms with van der Waals surface area (Å²) in [6, 6.07) is 18.2. The molecule has 0 radical (unpaired) electrons. The Balaban J connectivity index is 0.00000228. The lowest BCUT2D eigenvalue weighted by molar-refractivity contribution is -0.139. The van der Waals surface area contributed by atoms with Crippen molar-refractivity contribution >= 4 is 48.2 Å². The summed E-state index contributed by atoms with van der Waals surface area (Å²) in [5.74, 6) is -0.294. The number of urea groups is 1. The van der Waals surface area contributed by atoms with Gasteiger partial charge in [0.05, 0.1) is 7.11 Å². The van der Waals surface area contributed by atoms with Crippen LogP contribution in [-0.4, -0.2) is 80.8 Å². The first-order valence-electron chi connectivity index (χ1n) is 12.1. The van der Waals surface area contributed by atoms with Gasteiger partial charge in [-0.15, -0.1) is 24.8 Å². The predicted molar refractivity (Wildman–Crippen MR) is 149 cm³/mol. The molecule has 0 bridgehead atoms. The Morgan fingerprint density at radius 3 is 2.22 bits per heavy atom. The minimum atomic E-state index is -0.294. The zero-order valence-corrected chi connectivity index (χ0v) is 22.4. The smallest absolute Gasteiger partial charge is 0.325 e. The van der Waals surface area contributed by atoms with Gasteiger partial charge in [-0.3, -0.25) is 9.69 Å². The Hall–Kier alpha value is -2.52. The van der Waals surface area contributed by atoms with Gasteiger partial charge in [-0.1, -0.05) is 30.3 Å². The summed E-state index contributed by atoms with van der Waals surface area (Å²) in [5.41, 5.74) is 2.74.